The molecular weight excluding hydrogens is 410 g/mol. The van der Waals surface area contributed by atoms with Crippen LogP contribution in [-0.4, -0.2) is 82.4 Å². The van der Waals surface area contributed by atoms with E-state index in [1.165, 1.54) is 0 Å². The largest absolute Gasteiger partial charge is 0.393 e. The van der Waals surface area contributed by atoms with Crippen LogP contribution in [0.25, 0.3) is 0 Å². The normalized spacial score (nSPS) is 49.0. The van der Waals surface area contributed by atoms with Gasteiger partial charge in [-0.1, -0.05) is 0 Å². The summed E-state index contributed by atoms with van der Waals surface area (Å²) in [6.07, 6.45) is 2.97. The van der Waals surface area contributed by atoms with Crippen LogP contribution < -0.4 is 16.0 Å². The number of nitrogens with zero attached hydrogens (tertiary/aromatic N) is 1. The molecule has 0 aromatic carbocycles. The van der Waals surface area contributed by atoms with Crippen LogP contribution in [0.1, 0.15) is 51.4 Å². The highest BCUT2D eigenvalue weighted by molar-refractivity contribution is 8.00. The number of rotatable bonds is 3. The van der Waals surface area contributed by atoms with Gasteiger partial charge in [0.15, 0.2) is 0 Å². The number of carbonyl (C=O) groups excluding carboxylic acids is 1. The van der Waals surface area contributed by atoms with Gasteiger partial charge in [-0.25, -0.2) is 8.78 Å². The molecule has 8 atom stereocenters. The van der Waals surface area contributed by atoms with E-state index in [2.05, 4.69) is 16.0 Å². The summed E-state index contributed by atoms with van der Waals surface area (Å²) >= 11 is 1.86. The summed E-state index contributed by atoms with van der Waals surface area (Å²) in [4.78, 5) is 15.1. The van der Waals surface area contributed by atoms with Crippen molar-refractivity contribution in [1.29, 1.82) is 0 Å². The predicted molar refractivity (Wildman–Crippen MR) is 113 cm³/mol. The summed E-state index contributed by atoms with van der Waals surface area (Å²) in [5.41, 5.74) is 0.191. The number of piperidine rings is 1. The first-order chi connectivity index (χ1) is 14.5. The molecule has 4 N–H and O–H groups in total. The zero-order valence-electron chi connectivity index (χ0n) is 17.3. The number of aliphatic hydroxyl groups is 1. The Labute approximate surface area is 181 Å². The van der Waals surface area contributed by atoms with Crippen LogP contribution in [0.15, 0.2) is 0 Å². The fourth-order valence-electron chi connectivity index (χ4n) is 6.09. The second-order valence-electron chi connectivity index (χ2n) is 9.84. The van der Waals surface area contributed by atoms with E-state index in [-0.39, 0.29) is 41.9 Å². The molecule has 3 saturated heterocycles. The standard InChI is InChI=1S/C21H34F2N4O2S/c22-14-5-6-15-13(19(14)23)9-17(25-15)20(29)27-8-7-16-18(10-27)30-21(26-16)24-11-1-3-12(28)4-2-11/h11-19,21,24-26,28H,1-10H2. The van der Waals surface area contributed by atoms with Gasteiger partial charge in [-0.2, -0.15) is 0 Å². The van der Waals surface area contributed by atoms with Gasteiger partial charge < -0.3 is 15.3 Å². The highest BCUT2D eigenvalue weighted by Crippen LogP contribution is 2.38. The van der Waals surface area contributed by atoms with E-state index < -0.39 is 12.3 Å². The average molecular weight is 445 g/mol. The van der Waals surface area contributed by atoms with Crippen molar-refractivity contribution in [2.45, 2.75) is 105 Å². The molecule has 1 amide bonds. The molecule has 9 heteroatoms. The molecule has 0 bridgehead atoms. The van der Waals surface area contributed by atoms with Gasteiger partial charge in [-0.05, 0) is 51.4 Å². The van der Waals surface area contributed by atoms with Crippen LogP contribution in [0.4, 0.5) is 8.78 Å². The number of fused-ring (bicyclic) bond motifs is 2. The molecule has 0 aromatic heterocycles. The Morgan fingerprint density at radius 2 is 1.83 bits per heavy atom. The maximum Gasteiger partial charge on any atom is 0.239 e. The van der Waals surface area contributed by atoms with E-state index >= 15 is 0 Å². The van der Waals surface area contributed by atoms with Crippen molar-refractivity contribution in [3.63, 3.8) is 0 Å². The molecule has 0 spiro atoms. The Morgan fingerprint density at radius 3 is 2.63 bits per heavy atom. The predicted octanol–water partition coefficient (Wildman–Crippen LogP) is 1.29. The lowest BCUT2D eigenvalue weighted by Crippen LogP contribution is -2.54. The van der Waals surface area contributed by atoms with Crippen LogP contribution in [0, 0.1) is 5.92 Å². The number of likely N-dealkylation sites (tertiary alicyclic amines) is 1. The van der Waals surface area contributed by atoms with Crippen molar-refractivity contribution < 1.29 is 18.7 Å². The molecule has 0 radical (unpaired) electrons. The molecule has 3 aliphatic heterocycles. The van der Waals surface area contributed by atoms with Gasteiger partial charge in [0, 0.05) is 42.4 Å². The molecule has 5 aliphatic rings. The zero-order valence-corrected chi connectivity index (χ0v) is 18.1. The van der Waals surface area contributed by atoms with Crippen molar-refractivity contribution in [3.8, 4) is 0 Å². The van der Waals surface area contributed by atoms with Gasteiger partial charge in [-0.3, -0.25) is 15.4 Å². The molecule has 0 aromatic rings. The number of hydrogen-bond donors (Lipinski definition) is 4. The summed E-state index contributed by atoms with van der Waals surface area (Å²) in [6, 6.07) is 0.397. The van der Waals surface area contributed by atoms with Crippen LogP contribution in [0.2, 0.25) is 0 Å². The summed E-state index contributed by atoms with van der Waals surface area (Å²) in [5.74, 6) is -0.311. The Kier molecular flexibility index (Phi) is 6.27. The van der Waals surface area contributed by atoms with Crippen molar-refractivity contribution >= 4 is 17.7 Å². The summed E-state index contributed by atoms with van der Waals surface area (Å²) in [5, 5.41) is 20.7. The van der Waals surface area contributed by atoms with E-state index in [1.54, 1.807) is 0 Å². The van der Waals surface area contributed by atoms with Crippen LogP contribution in [0.5, 0.6) is 0 Å². The third kappa shape index (κ3) is 4.25. The molecule has 5 fully saturated rings. The van der Waals surface area contributed by atoms with Crippen LogP contribution >= 0.6 is 11.8 Å². The minimum atomic E-state index is -1.44. The van der Waals surface area contributed by atoms with E-state index in [4.69, 9.17) is 0 Å². The van der Waals surface area contributed by atoms with Gasteiger partial charge in [0.1, 0.15) is 17.8 Å². The molecule has 6 nitrogen and oxygen atoms in total. The van der Waals surface area contributed by atoms with Crippen molar-refractivity contribution in [2.24, 2.45) is 5.92 Å². The zero-order chi connectivity index (χ0) is 20.8. The van der Waals surface area contributed by atoms with Crippen LogP contribution in [0.3, 0.4) is 0 Å². The Balaban J connectivity index is 1.13. The highest BCUT2D eigenvalue weighted by atomic mass is 32.2. The Morgan fingerprint density at radius 1 is 1.03 bits per heavy atom. The number of alkyl halides is 2. The maximum atomic E-state index is 14.3. The van der Waals surface area contributed by atoms with Crippen molar-refractivity contribution in [3.05, 3.63) is 0 Å². The van der Waals surface area contributed by atoms with E-state index in [0.29, 0.717) is 43.3 Å². The minimum Gasteiger partial charge on any atom is -0.393 e. The second-order valence-corrected chi connectivity index (χ2v) is 11.2. The quantitative estimate of drug-likeness (QED) is 0.526. The summed E-state index contributed by atoms with van der Waals surface area (Å²) < 4.78 is 28.0. The number of thioether (sulfide) groups is 1. The lowest BCUT2D eigenvalue weighted by Gasteiger charge is -2.35. The van der Waals surface area contributed by atoms with Crippen LogP contribution in [-0.2, 0) is 4.79 Å². The number of halogens is 2. The number of nitrogens with one attached hydrogen (secondary N) is 3. The first kappa shape index (κ1) is 21.4. The van der Waals surface area contributed by atoms with E-state index in [0.717, 1.165) is 32.1 Å². The van der Waals surface area contributed by atoms with Gasteiger partial charge in [0.05, 0.1) is 12.1 Å². The molecule has 8 unspecified atom stereocenters. The highest BCUT2D eigenvalue weighted by Gasteiger charge is 2.49. The average Bonchev–Trinajstić information content (AvgIpc) is 3.35. The second kappa shape index (κ2) is 8.81. The summed E-state index contributed by atoms with van der Waals surface area (Å²) in [7, 11) is 0. The van der Waals surface area contributed by atoms with Gasteiger partial charge in [-0.15, -0.1) is 11.8 Å². The number of amides is 1. The Hall–Kier alpha value is -0.480. The molecule has 30 heavy (non-hydrogen) atoms. The monoisotopic (exact) mass is 444 g/mol. The van der Waals surface area contributed by atoms with Crippen molar-refractivity contribution in [1.82, 2.24) is 20.9 Å². The van der Waals surface area contributed by atoms with Gasteiger partial charge in [0.2, 0.25) is 5.91 Å². The molecule has 2 saturated carbocycles. The third-order valence-corrected chi connectivity index (χ3v) is 9.25. The SMILES string of the molecule is O=C(C1CC2C(CCC(F)C2F)N1)N1CCC2NC(NC3CCC(O)CC3)SC2C1. The fourth-order valence-corrected chi connectivity index (χ4v) is 7.64. The molecule has 170 valence electrons. The first-order valence-electron chi connectivity index (χ1n) is 11.7. The maximum absolute atomic E-state index is 14.3. The molecule has 5 rings (SSSR count). The minimum absolute atomic E-state index is 0.0590. The number of hydrogen-bond acceptors (Lipinski definition) is 6. The smallest absolute Gasteiger partial charge is 0.239 e. The van der Waals surface area contributed by atoms with E-state index in [1.807, 2.05) is 16.7 Å². The van der Waals surface area contributed by atoms with E-state index in [9.17, 15) is 18.7 Å². The lowest BCUT2D eigenvalue weighted by atomic mass is 9.82. The van der Waals surface area contributed by atoms with Gasteiger partial charge in [0.25, 0.3) is 0 Å². The fraction of sp³-hybridized carbons (Fsp3) is 0.952. The lowest BCUT2D eigenvalue weighted by molar-refractivity contribution is -0.134. The molecule has 2 aliphatic carbocycles. The number of carbonyl (C=O) groups is 1. The molecule has 3 heterocycles. The van der Waals surface area contributed by atoms with Crippen molar-refractivity contribution in [2.75, 3.05) is 13.1 Å². The topological polar surface area (TPSA) is 76.6 Å². The third-order valence-electron chi connectivity index (χ3n) is 7.88. The summed E-state index contributed by atoms with van der Waals surface area (Å²) in [6.45, 7) is 1.43. The first-order valence-corrected chi connectivity index (χ1v) is 12.6. The van der Waals surface area contributed by atoms with Gasteiger partial charge >= 0.3 is 0 Å². The number of aliphatic hydroxyl groups excluding tert-OH is 1. The Bertz CT molecular complexity index is 638. The molecular formula is C21H34F2N4O2S.